The molecule has 0 saturated carbocycles. The molecule has 2 heteroatoms. The molecule has 1 unspecified atom stereocenters. The van der Waals surface area contributed by atoms with Gasteiger partial charge >= 0.3 is 0 Å². The van der Waals surface area contributed by atoms with Crippen LogP contribution >= 0.6 is 0 Å². The van der Waals surface area contributed by atoms with Gasteiger partial charge < -0.3 is 5.73 Å². The van der Waals surface area contributed by atoms with E-state index in [9.17, 15) is 0 Å². The average molecular weight is 260 g/mol. The minimum atomic E-state index is 0.196. The lowest BCUT2D eigenvalue weighted by molar-refractivity contribution is 0.713. The topological polar surface area (TPSA) is 38.9 Å². The van der Waals surface area contributed by atoms with E-state index < -0.39 is 0 Å². The number of benzene rings is 2. The van der Waals surface area contributed by atoms with Gasteiger partial charge in [-0.25, -0.2) is 0 Å². The second-order valence-electron chi connectivity index (χ2n) is 5.42. The normalized spacial score (nSPS) is 17.4. The van der Waals surface area contributed by atoms with E-state index in [1.807, 2.05) is 12.4 Å². The predicted octanol–water partition coefficient (Wildman–Crippen LogP) is 3.85. The maximum Gasteiger partial charge on any atom is 0.0346 e. The Morgan fingerprint density at radius 3 is 2.80 bits per heavy atom. The Bertz CT molecular complexity index is 787. The van der Waals surface area contributed by atoms with Gasteiger partial charge in [-0.1, -0.05) is 36.4 Å². The van der Waals surface area contributed by atoms with Gasteiger partial charge in [0, 0.05) is 23.8 Å². The molecule has 2 N–H and O–H groups in total. The largest absolute Gasteiger partial charge is 0.324 e. The van der Waals surface area contributed by atoms with E-state index in [-0.39, 0.29) is 6.04 Å². The summed E-state index contributed by atoms with van der Waals surface area (Å²) in [7, 11) is 0. The van der Waals surface area contributed by atoms with Crippen molar-refractivity contribution in [3.63, 3.8) is 0 Å². The summed E-state index contributed by atoms with van der Waals surface area (Å²) >= 11 is 0. The number of hydrogen-bond acceptors (Lipinski definition) is 2. The van der Waals surface area contributed by atoms with Crippen molar-refractivity contribution < 1.29 is 0 Å². The van der Waals surface area contributed by atoms with Crippen LogP contribution in [0.1, 0.15) is 23.6 Å². The third-order valence-corrected chi connectivity index (χ3v) is 4.29. The monoisotopic (exact) mass is 260 g/mol. The molecule has 1 aliphatic rings. The Hall–Kier alpha value is -2.19. The number of nitrogens with zero attached hydrogens (tertiary/aromatic N) is 1. The first-order valence-corrected chi connectivity index (χ1v) is 7.05. The predicted molar refractivity (Wildman–Crippen MR) is 82.4 cm³/mol. The molecule has 1 heterocycles. The van der Waals surface area contributed by atoms with Gasteiger partial charge in [-0.05, 0) is 46.5 Å². The molecule has 0 aliphatic heterocycles. The molecule has 4 rings (SSSR count). The molecule has 0 radical (unpaired) electrons. The summed E-state index contributed by atoms with van der Waals surface area (Å²) in [5.74, 6) is 0. The summed E-state index contributed by atoms with van der Waals surface area (Å²) < 4.78 is 0. The SMILES string of the molecule is NC1CCc2c(-c3cccc4cnccc34)cccc21. The van der Waals surface area contributed by atoms with Gasteiger partial charge in [0.2, 0.25) is 0 Å². The maximum absolute atomic E-state index is 6.20. The summed E-state index contributed by atoms with van der Waals surface area (Å²) in [5, 5.41) is 2.45. The Morgan fingerprint density at radius 1 is 1.00 bits per heavy atom. The van der Waals surface area contributed by atoms with Crippen molar-refractivity contribution in [2.24, 2.45) is 5.73 Å². The quantitative estimate of drug-likeness (QED) is 0.721. The molecule has 20 heavy (non-hydrogen) atoms. The lowest BCUT2D eigenvalue weighted by atomic mass is 9.93. The van der Waals surface area contributed by atoms with Gasteiger partial charge in [-0.3, -0.25) is 4.98 Å². The summed E-state index contributed by atoms with van der Waals surface area (Å²) in [6, 6.07) is 15.2. The lowest BCUT2D eigenvalue weighted by Gasteiger charge is -2.12. The van der Waals surface area contributed by atoms with Crippen molar-refractivity contribution in [3.05, 3.63) is 66.0 Å². The van der Waals surface area contributed by atoms with Crippen molar-refractivity contribution in [2.75, 3.05) is 0 Å². The first-order valence-electron chi connectivity index (χ1n) is 7.05. The van der Waals surface area contributed by atoms with Crippen LogP contribution < -0.4 is 5.73 Å². The van der Waals surface area contributed by atoms with Crippen molar-refractivity contribution in [2.45, 2.75) is 18.9 Å². The van der Waals surface area contributed by atoms with Gasteiger partial charge in [-0.15, -0.1) is 0 Å². The molecule has 1 aromatic heterocycles. The van der Waals surface area contributed by atoms with Crippen LogP contribution in [0, 0.1) is 0 Å². The van der Waals surface area contributed by atoms with Crippen molar-refractivity contribution >= 4 is 10.8 Å². The van der Waals surface area contributed by atoms with Gasteiger partial charge in [0.25, 0.3) is 0 Å². The fourth-order valence-corrected chi connectivity index (χ4v) is 3.30. The zero-order valence-corrected chi connectivity index (χ0v) is 11.2. The van der Waals surface area contributed by atoms with E-state index in [0.717, 1.165) is 12.8 Å². The zero-order valence-electron chi connectivity index (χ0n) is 11.2. The minimum Gasteiger partial charge on any atom is -0.324 e. The molecule has 0 saturated heterocycles. The van der Waals surface area contributed by atoms with Gasteiger partial charge in [0.1, 0.15) is 0 Å². The van der Waals surface area contributed by atoms with Crippen molar-refractivity contribution in [1.29, 1.82) is 0 Å². The first kappa shape index (κ1) is 11.6. The fraction of sp³-hybridized carbons (Fsp3) is 0.167. The minimum absolute atomic E-state index is 0.196. The molecule has 98 valence electrons. The number of nitrogens with two attached hydrogens (primary N) is 1. The number of fused-ring (bicyclic) bond motifs is 2. The number of aromatic nitrogens is 1. The van der Waals surface area contributed by atoms with E-state index in [4.69, 9.17) is 5.73 Å². The Labute approximate surface area is 118 Å². The fourth-order valence-electron chi connectivity index (χ4n) is 3.30. The van der Waals surface area contributed by atoms with Crippen molar-refractivity contribution in [3.8, 4) is 11.1 Å². The van der Waals surface area contributed by atoms with Crippen LogP contribution in [0.4, 0.5) is 0 Å². The second-order valence-corrected chi connectivity index (χ2v) is 5.42. The molecule has 1 atom stereocenters. The molecular weight excluding hydrogens is 244 g/mol. The first-order chi connectivity index (χ1) is 9.84. The van der Waals surface area contributed by atoms with E-state index >= 15 is 0 Å². The molecular formula is C18H16N2. The van der Waals surface area contributed by atoms with Crippen LogP contribution in [0.3, 0.4) is 0 Å². The summed E-state index contributed by atoms with van der Waals surface area (Å²) in [6.07, 6.45) is 5.92. The molecule has 0 amide bonds. The van der Waals surface area contributed by atoms with Crippen LogP contribution in [0.5, 0.6) is 0 Å². The van der Waals surface area contributed by atoms with Gasteiger partial charge in [0.05, 0.1) is 0 Å². The Morgan fingerprint density at radius 2 is 1.85 bits per heavy atom. The zero-order chi connectivity index (χ0) is 13.5. The van der Waals surface area contributed by atoms with E-state index in [1.165, 1.54) is 33.0 Å². The third-order valence-electron chi connectivity index (χ3n) is 4.29. The highest BCUT2D eigenvalue weighted by Crippen LogP contribution is 2.38. The van der Waals surface area contributed by atoms with Gasteiger partial charge in [0.15, 0.2) is 0 Å². The maximum atomic E-state index is 6.20. The number of rotatable bonds is 1. The average Bonchev–Trinajstić information content (AvgIpc) is 2.88. The highest BCUT2D eigenvalue weighted by molar-refractivity contribution is 5.97. The van der Waals surface area contributed by atoms with E-state index in [0.29, 0.717) is 0 Å². The van der Waals surface area contributed by atoms with Crippen LogP contribution in [0.2, 0.25) is 0 Å². The molecule has 2 nitrogen and oxygen atoms in total. The summed E-state index contributed by atoms with van der Waals surface area (Å²) in [5.41, 5.74) is 11.5. The standard InChI is InChI=1S/C18H16N2/c19-18-8-7-16-15(5-2-6-17(16)18)14-4-1-3-12-11-20-10-9-13(12)14/h1-6,9-11,18H,7-8,19H2. The van der Waals surface area contributed by atoms with Crippen LogP contribution in [-0.2, 0) is 6.42 Å². The second kappa shape index (κ2) is 4.43. The molecule has 0 fully saturated rings. The summed E-state index contributed by atoms with van der Waals surface area (Å²) in [6.45, 7) is 0. The van der Waals surface area contributed by atoms with E-state index in [1.54, 1.807) is 0 Å². The Kier molecular flexibility index (Phi) is 2.57. The molecule has 0 bridgehead atoms. The number of pyridine rings is 1. The molecule has 1 aliphatic carbocycles. The van der Waals surface area contributed by atoms with Crippen LogP contribution in [0.15, 0.2) is 54.9 Å². The number of hydrogen-bond donors (Lipinski definition) is 1. The summed E-state index contributed by atoms with van der Waals surface area (Å²) in [4.78, 5) is 4.21. The third kappa shape index (κ3) is 1.65. The Balaban J connectivity index is 2.02. The van der Waals surface area contributed by atoms with Crippen LogP contribution in [0.25, 0.3) is 21.9 Å². The van der Waals surface area contributed by atoms with Gasteiger partial charge in [-0.2, -0.15) is 0 Å². The molecule has 2 aromatic carbocycles. The smallest absolute Gasteiger partial charge is 0.0346 e. The molecule has 0 spiro atoms. The lowest BCUT2D eigenvalue weighted by Crippen LogP contribution is -2.04. The van der Waals surface area contributed by atoms with Crippen molar-refractivity contribution in [1.82, 2.24) is 4.98 Å². The van der Waals surface area contributed by atoms with E-state index in [2.05, 4.69) is 47.4 Å². The highest BCUT2D eigenvalue weighted by Gasteiger charge is 2.22. The molecule has 3 aromatic rings. The highest BCUT2D eigenvalue weighted by atomic mass is 14.6. The van der Waals surface area contributed by atoms with Crippen LogP contribution in [-0.4, -0.2) is 4.98 Å².